The summed E-state index contributed by atoms with van der Waals surface area (Å²) in [5.41, 5.74) is -3.95. The van der Waals surface area contributed by atoms with Crippen LogP contribution in [0.1, 0.15) is 23.6 Å². The first-order valence-electron chi connectivity index (χ1n) is 11.1. The largest absolute Gasteiger partial charge is 0.418 e. The zero-order chi connectivity index (χ0) is 27.2. The number of rotatable bonds is 6. The number of hydrogen-bond acceptors (Lipinski definition) is 4. The molecule has 1 fully saturated rings. The lowest BCUT2D eigenvalue weighted by Gasteiger charge is -2.25. The first-order chi connectivity index (χ1) is 17.4. The molecule has 1 aliphatic heterocycles. The van der Waals surface area contributed by atoms with Crippen LogP contribution in [0.15, 0.2) is 52.3 Å². The standard InChI is InChI=1S/C24H23F6N3O2S2/c1-2-31-22(36)32-16-4-3-5-17(14-16)37-18-8-6-15(7-9-19(34)33-10-12-35-13-11-33)20(23(25,26)27)21(18)24(28,29)30/h3-9,14H,2,10-13H2,1H3,(H2,31,32,36). The van der Waals surface area contributed by atoms with Crippen LogP contribution in [-0.2, 0) is 21.9 Å². The van der Waals surface area contributed by atoms with Crippen LogP contribution in [0.3, 0.4) is 0 Å². The minimum atomic E-state index is -5.33. The van der Waals surface area contributed by atoms with Crippen LogP contribution in [-0.4, -0.2) is 48.8 Å². The van der Waals surface area contributed by atoms with Crippen molar-refractivity contribution in [3.8, 4) is 0 Å². The number of nitrogens with zero attached hydrogens (tertiary/aromatic N) is 1. The van der Waals surface area contributed by atoms with Gasteiger partial charge in [-0.2, -0.15) is 26.3 Å². The van der Waals surface area contributed by atoms with Crippen LogP contribution in [0.25, 0.3) is 6.08 Å². The van der Waals surface area contributed by atoms with Crippen LogP contribution >= 0.6 is 24.0 Å². The molecule has 2 aromatic rings. The third-order valence-electron chi connectivity index (χ3n) is 5.15. The van der Waals surface area contributed by atoms with Gasteiger partial charge in [-0.05, 0) is 55.0 Å². The number of hydrogen-bond donors (Lipinski definition) is 2. The van der Waals surface area contributed by atoms with Gasteiger partial charge >= 0.3 is 12.4 Å². The summed E-state index contributed by atoms with van der Waals surface area (Å²) < 4.78 is 89.5. The van der Waals surface area contributed by atoms with Crippen molar-refractivity contribution in [2.24, 2.45) is 0 Å². The fourth-order valence-electron chi connectivity index (χ4n) is 3.56. The maximum atomic E-state index is 14.1. The van der Waals surface area contributed by atoms with Crippen LogP contribution in [0, 0.1) is 0 Å². The summed E-state index contributed by atoms with van der Waals surface area (Å²) in [7, 11) is 0. The molecule has 0 aliphatic carbocycles. The maximum absolute atomic E-state index is 14.1. The molecule has 13 heteroatoms. The number of halogens is 6. The van der Waals surface area contributed by atoms with Gasteiger partial charge in [-0.25, -0.2) is 0 Å². The van der Waals surface area contributed by atoms with E-state index in [0.717, 1.165) is 24.3 Å². The van der Waals surface area contributed by atoms with Crippen molar-refractivity contribution in [2.45, 2.75) is 29.1 Å². The molecule has 37 heavy (non-hydrogen) atoms. The second-order valence-corrected chi connectivity index (χ2v) is 9.31. The normalized spacial score (nSPS) is 14.6. The summed E-state index contributed by atoms with van der Waals surface area (Å²) in [6, 6.07) is 8.05. The summed E-state index contributed by atoms with van der Waals surface area (Å²) in [6.07, 6.45) is -9.01. The third-order valence-corrected chi connectivity index (χ3v) is 6.45. The van der Waals surface area contributed by atoms with E-state index in [9.17, 15) is 31.1 Å². The van der Waals surface area contributed by atoms with Gasteiger partial charge in [-0.1, -0.05) is 23.9 Å². The fraction of sp³-hybridized carbons (Fsp3) is 0.333. The Morgan fingerprint density at radius 1 is 1.08 bits per heavy atom. The van der Waals surface area contributed by atoms with Gasteiger partial charge < -0.3 is 20.3 Å². The molecule has 200 valence electrons. The van der Waals surface area contributed by atoms with Crippen LogP contribution < -0.4 is 10.6 Å². The highest BCUT2D eigenvalue weighted by Crippen LogP contribution is 2.48. The van der Waals surface area contributed by atoms with E-state index in [0.29, 0.717) is 29.1 Å². The Kier molecular flexibility index (Phi) is 9.48. The number of nitrogens with one attached hydrogen (secondary N) is 2. The van der Waals surface area contributed by atoms with E-state index in [2.05, 4.69) is 10.6 Å². The topological polar surface area (TPSA) is 53.6 Å². The Bertz CT molecular complexity index is 1160. The van der Waals surface area contributed by atoms with E-state index < -0.39 is 39.8 Å². The molecule has 2 N–H and O–H groups in total. The molecule has 0 bridgehead atoms. The average molecular weight is 564 g/mol. The number of anilines is 1. The number of carbonyl (C=O) groups excluding carboxylic acids is 1. The zero-order valence-corrected chi connectivity index (χ0v) is 21.1. The highest BCUT2D eigenvalue weighted by Gasteiger charge is 2.46. The zero-order valence-electron chi connectivity index (χ0n) is 19.5. The Morgan fingerprint density at radius 3 is 2.38 bits per heavy atom. The summed E-state index contributed by atoms with van der Waals surface area (Å²) in [5.74, 6) is -0.608. The number of alkyl halides is 6. The van der Waals surface area contributed by atoms with Gasteiger partial charge in [0.1, 0.15) is 0 Å². The molecule has 1 heterocycles. The van der Waals surface area contributed by atoms with Gasteiger partial charge in [0.05, 0.1) is 24.3 Å². The molecule has 0 unspecified atom stereocenters. The van der Waals surface area contributed by atoms with Gasteiger partial charge in [-0.3, -0.25) is 4.79 Å². The number of carbonyl (C=O) groups is 1. The Labute approximate surface area is 219 Å². The van der Waals surface area contributed by atoms with E-state index >= 15 is 0 Å². The smallest absolute Gasteiger partial charge is 0.378 e. The van der Waals surface area contributed by atoms with E-state index in [1.54, 1.807) is 12.1 Å². The predicted molar refractivity (Wildman–Crippen MR) is 133 cm³/mol. The molecule has 1 saturated heterocycles. The summed E-state index contributed by atoms with van der Waals surface area (Å²) in [5, 5.41) is 6.02. The van der Waals surface area contributed by atoms with Crippen LogP contribution in [0.4, 0.5) is 32.0 Å². The highest BCUT2D eigenvalue weighted by atomic mass is 32.2. The summed E-state index contributed by atoms with van der Waals surface area (Å²) in [4.78, 5) is 13.3. The van der Waals surface area contributed by atoms with Gasteiger partial charge in [0.25, 0.3) is 0 Å². The number of thiocarbonyl (C=S) groups is 1. The van der Waals surface area contributed by atoms with E-state index in [1.807, 2.05) is 6.92 Å². The SMILES string of the molecule is CCNC(=S)Nc1cccc(Sc2ccc(C=CC(=O)N3CCOCC3)c(C(F)(F)F)c2C(F)(F)F)c1. The third kappa shape index (κ3) is 7.86. The van der Waals surface area contributed by atoms with Crippen molar-refractivity contribution in [3.63, 3.8) is 0 Å². The molecular weight excluding hydrogens is 540 g/mol. The number of benzene rings is 2. The van der Waals surface area contributed by atoms with Crippen molar-refractivity contribution in [2.75, 3.05) is 38.2 Å². The Morgan fingerprint density at radius 2 is 1.76 bits per heavy atom. The van der Waals surface area contributed by atoms with Crippen molar-refractivity contribution in [3.05, 3.63) is 59.2 Å². The summed E-state index contributed by atoms with van der Waals surface area (Å²) >= 11 is 5.64. The second kappa shape index (κ2) is 12.2. The monoisotopic (exact) mass is 563 g/mol. The van der Waals surface area contributed by atoms with Gasteiger partial charge in [-0.15, -0.1) is 0 Å². The molecule has 1 amide bonds. The number of ether oxygens (including phenoxy) is 1. The predicted octanol–water partition coefficient (Wildman–Crippen LogP) is 6.05. The molecule has 0 aromatic heterocycles. The van der Waals surface area contributed by atoms with Crippen molar-refractivity contribution in [1.29, 1.82) is 0 Å². The lowest BCUT2D eigenvalue weighted by molar-refractivity contribution is -0.163. The minimum Gasteiger partial charge on any atom is -0.378 e. The molecule has 2 aromatic carbocycles. The lowest BCUT2D eigenvalue weighted by atomic mass is 9.99. The lowest BCUT2D eigenvalue weighted by Crippen LogP contribution is -2.39. The first kappa shape index (κ1) is 28.8. The number of amides is 1. The van der Waals surface area contributed by atoms with Crippen LogP contribution in [0.5, 0.6) is 0 Å². The van der Waals surface area contributed by atoms with E-state index in [4.69, 9.17) is 17.0 Å². The molecule has 0 saturated carbocycles. The van der Waals surface area contributed by atoms with Crippen LogP contribution in [0.2, 0.25) is 0 Å². The highest BCUT2D eigenvalue weighted by molar-refractivity contribution is 7.99. The molecule has 3 rings (SSSR count). The molecule has 0 atom stereocenters. The van der Waals surface area contributed by atoms with Crippen molar-refractivity contribution < 1.29 is 35.9 Å². The van der Waals surface area contributed by atoms with Gasteiger partial charge in [0.2, 0.25) is 5.91 Å². The fourth-order valence-corrected chi connectivity index (χ4v) is 4.87. The maximum Gasteiger partial charge on any atom is 0.418 e. The molecule has 1 aliphatic rings. The first-order valence-corrected chi connectivity index (χ1v) is 12.3. The molecule has 5 nitrogen and oxygen atoms in total. The van der Waals surface area contributed by atoms with E-state index in [-0.39, 0.29) is 31.2 Å². The second-order valence-electron chi connectivity index (χ2n) is 7.78. The molecular formula is C24H23F6N3O2S2. The quantitative estimate of drug-likeness (QED) is 0.254. The Balaban J connectivity index is 2.00. The average Bonchev–Trinajstić information content (AvgIpc) is 2.82. The molecule has 0 radical (unpaired) electrons. The number of morpholine rings is 1. The minimum absolute atomic E-state index is 0.242. The summed E-state index contributed by atoms with van der Waals surface area (Å²) in [6.45, 7) is 3.41. The Hall–Kier alpha value is -2.77. The molecule has 0 spiro atoms. The van der Waals surface area contributed by atoms with E-state index in [1.165, 1.54) is 17.0 Å². The van der Waals surface area contributed by atoms with Crippen molar-refractivity contribution >= 4 is 46.8 Å². The van der Waals surface area contributed by atoms with Crippen molar-refractivity contribution in [1.82, 2.24) is 10.2 Å². The van der Waals surface area contributed by atoms with Gasteiger partial charge in [0.15, 0.2) is 5.11 Å². The van der Waals surface area contributed by atoms with Gasteiger partial charge in [0, 0.05) is 41.2 Å².